The van der Waals surface area contributed by atoms with Crippen LogP contribution in [0.4, 0.5) is 0 Å². The first-order valence-electron chi connectivity index (χ1n) is 7.17. The van der Waals surface area contributed by atoms with Gasteiger partial charge in [0.15, 0.2) is 11.5 Å². The standard InChI is InChI=1S/C17H14N2O4/c1-20-13-5-2-11(3-6-13)8-16-18-17(19-23-16)12-4-7-14-15(9-12)22-10-21-14/h2-7,9H,8,10H2,1H3. The minimum atomic E-state index is 0.244. The summed E-state index contributed by atoms with van der Waals surface area (Å²) in [6, 6.07) is 13.3. The predicted octanol–water partition coefficient (Wildman–Crippen LogP) is 3.06. The maximum absolute atomic E-state index is 5.36. The molecule has 0 atom stereocenters. The highest BCUT2D eigenvalue weighted by Crippen LogP contribution is 2.35. The van der Waals surface area contributed by atoms with Gasteiger partial charge in [0.05, 0.1) is 13.5 Å². The number of hydrogen-bond donors (Lipinski definition) is 0. The molecule has 4 rings (SSSR count). The molecule has 0 saturated carbocycles. The van der Waals surface area contributed by atoms with Crippen LogP contribution in [0.1, 0.15) is 11.5 Å². The van der Waals surface area contributed by atoms with Crippen LogP contribution in [0, 0.1) is 0 Å². The molecule has 1 aliphatic heterocycles. The van der Waals surface area contributed by atoms with Gasteiger partial charge in [-0.15, -0.1) is 0 Å². The van der Waals surface area contributed by atoms with E-state index in [-0.39, 0.29) is 6.79 Å². The lowest BCUT2D eigenvalue weighted by atomic mass is 10.1. The van der Waals surface area contributed by atoms with Gasteiger partial charge in [-0.1, -0.05) is 17.3 Å². The van der Waals surface area contributed by atoms with Crippen molar-refractivity contribution >= 4 is 0 Å². The summed E-state index contributed by atoms with van der Waals surface area (Å²) in [4.78, 5) is 4.44. The summed E-state index contributed by atoms with van der Waals surface area (Å²) in [5.74, 6) is 3.34. The van der Waals surface area contributed by atoms with E-state index in [4.69, 9.17) is 18.7 Å². The molecule has 0 fully saturated rings. The molecule has 0 N–H and O–H groups in total. The molecule has 2 heterocycles. The molecule has 0 unspecified atom stereocenters. The number of methoxy groups -OCH3 is 1. The lowest BCUT2D eigenvalue weighted by Gasteiger charge is -2.00. The van der Waals surface area contributed by atoms with Gasteiger partial charge >= 0.3 is 0 Å². The number of ether oxygens (including phenoxy) is 3. The molecule has 1 aromatic heterocycles. The van der Waals surface area contributed by atoms with Crippen molar-refractivity contribution in [2.45, 2.75) is 6.42 Å². The van der Waals surface area contributed by atoms with Gasteiger partial charge in [-0.05, 0) is 35.9 Å². The average molecular weight is 310 g/mol. The van der Waals surface area contributed by atoms with E-state index in [1.165, 1.54) is 0 Å². The molecule has 0 amide bonds. The highest BCUT2D eigenvalue weighted by atomic mass is 16.7. The van der Waals surface area contributed by atoms with E-state index in [0.717, 1.165) is 22.6 Å². The minimum absolute atomic E-state index is 0.244. The first-order chi connectivity index (χ1) is 11.3. The fraction of sp³-hybridized carbons (Fsp3) is 0.176. The summed E-state index contributed by atoms with van der Waals surface area (Å²) in [5, 5.41) is 4.03. The maximum atomic E-state index is 5.36. The third kappa shape index (κ3) is 2.70. The van der Waals surface area contributed by atoms with Gasteiger partial charge in [0.2, 0.25) is 18.5 Å². The van der Waals surface area contributed by atoms with E-state index in [0.29, 0.717) is 23.9 Å². The summed E-state index contributed by atoms with van der Waals surface area (Å²) >= 11 is 0. The van der Waals surface area contributed by atoms with Crippen molar-refractivity contribution in [3.63, 3.8) is 0 Å². The number of rotatable bonds is 4. The van der Waals surface area contributed by atoms with E-state index in [9.17, 15) is 0 Å². The highest BCUT2D eigenvalue weighted by molar-refractivity contribution is 5.61. The number of nitrogens with zero attached hydrogens (tertiary/aromatic N) is 2. The second-order valence-corrected chi connectivity index (χ2v) is 5.10. The fourth-order valence-corrected chi connectivity index (χ4v) is 2.40. The summed E-state index contributed by atoms with van der Waals surface area (Å²) in [6.45, 7) is 0.244. The topological polar surface area (TPSA) is 66.6 Å². The van der Waals surface area contributed by atoms with Crippen molar-refractivity contribution in [3.05, 3.63) is 53.9 Å². The Labute approximate surface area is 132 Å². The number of aromatic nitrogens is 2. The zero-order valence-corrected chi connectivity index (χ0v) is 12.5. The Morgan fingerprint density at radius 2 is 1.87 bits per heavy atom. The molecule has 0 radical (unpaired) electrons. The Balaban J connectivity index is 1.54. The Bertz CT molecular complexity index is 827. The van der Waals surface area contributed by atoms with Crippen LogP contribution in [0.25, 0.3) is 11.4 Å². The van der Waals surface area contributed by atoms with Crippen LogP contribution in [0.3, 0.4) is 0 Å². The molecule has 2 aromatic carbocycles. The molecule has 0 spiro atoms. The fourth-order valence-electron chi connectivity index (χ4n) is 2.40. The molecule has 3 aromatic rings. The van der Waals surface area contributed by atoms with Crippen molar-refractivity contribution in [1.29, 1.82) is 0 Å². The molecule has 6 heteroatoms. The van der Waals surface area contributed by atoms with E-state index >= 15 is 0 Å². The van der Waals surface area contributed by atoms with E-state index in [1.54, 1.807) is 7.11 Å². The van der Waals surface area contributed by atoms with Crippen LogP contribution in [0.2, 0.25) is 0 Å². The highest BCUT2D eigenvalue weighted by Gasteiger charge is 2.16. The summed E-state index contributed by atoms with van der Waals surface area (Å²) < 4.78 is 21.1. The molecular formula is C17H14N2O4. The monoisotopic (exact) mass is 310 g/mol. The second-order valence-electron chi connectivity index (χ2n) is 5.10. The number of fused-ring (bicyclic) bond motifs is 1. The molecule has 0 aliphatic carbocycles. The quantitative estimate of drug-likeness (QED) is 0.738. The summed E-state index contributed by atoms with van der Waals surface area (Å²) in [6.07, 6.45) is 0.571. The Morgan fingerprint density at radius 3 is 2.70 bits per heavy atom. The minimum Gasteiger partial charge on any atom is -0.497 e. The third-order valence-corrected chi connectivity index (χ3v) is 3.61. The van der Waals surface area contributed by atoms with Gasteiger partial charge in [0.25, 0.3) is 0 Å². The zero-order chi connectivity index (χ0) is 15.6. The smallest absolute Gasteiger partial charge is 0.231 e. The van der Waals surface area contributed by atoms with Crippen LogP contribution >= 0.6 is 0 Å². The molecule has 0 bridgehead atoms. The number of benzene rings is 2. The Hall–Kier alpha value is -3.02. The Kier molecular flexibility index (Phi) is 3.34. The predicted molar refractivity (Wildman–Crippen MR) is 81.7 cm³/mol. The molecule has 116 valence electrons. The van der Waals surface area contributed by atoms with Gasteiger partial charge in [-0.25, -0.2) is 0 Å². The lowest BCUT2D eigenvalue weighted by Crippen LogP contribution is -1.92. The van der Waals surface area contributed by atoms with Crippen molar-refractivity contribution in [3.8, 4) is 28.6 Å². The van der Waals surface area contributed by atoms with Gasteiger partial charge in [-0.2, -0.15) is 4.98 Å². The average Bonchev–Trinajstić information content (AvgIpc) is 3.23. The molecule has 0 saturated heterocycles. The molecule has 1 aliphatic rings. The molecule has 23 heavy (non-hydrogen) atoms. The SMILES string of the molecule is COc1ccc(Cc2nc(-c3ccc4c(c3)OCO4)no2)cc1. The largest absolute Gasteiger partial charge is 0.497 e. The van der Waals surface area contributed by atoms with E-state index < -0.39 is 0 Å². The second kappa shape index (κ2) is 5.64. The van der Waals surface area contributed by atoms with Crippen LogP contribution in [-0.4, -0.2) is 24.0 Å². The maximum Gasteiger partial charge on any atom is 0.231 e. The van der Waals surface area contributed by atoms with Gasteiger partial charge in [0, 0.05) is 5.56 Å². The summed E-state index contributed by atoms with van der Waals surface area (Å²) in [7, 11) is 1.64. The van der Waals surface area contributed by atoms with Crippen LogP contribution in [-0.2, 0) is 6.42 Å². The normalized spacial score (nSPS) is 12.4. The first kappa shape index (κ1) is 13.6. The van der Waals surface area contributed by atoms with Gasteiger partial charge in [0.1, 0.15) is 5.75 Å². The van der Waals surface area contributed by atoms with Gasteiger partial charge < -0.3 is 18.7 Å². The number of hydrogen-bond acceptors (Lipinski definition) is 6. The Morgan fingerprint density at radius 1 is 1.04 bits per heavy atom. The van der Waals surface area contributed by atoms with Crippen molar-refractivity contribution < 1.29 is 18.7 Å². The lowest BCUT2D eigenvalue weighted by molar-refractivity contribution is 0.174. The summed E-state index contributed by atoms with van der Waals surface area (Å²) in [5.41, 5.74) is 1.91. The van der Waals surface area contributed by atoms with Crippen molar-refractivity contribution in [2.24, 2.45) is 0 Å². The van der Waals surface area contributed by atoms with E-state index in [2.05, 4.69) is 10.1 Å². The molecular weight excluding hydrogens is 296 g/mol. The third-order valence-electron chi connectivity index (χ3n) is 3.61. The van der Waals surface area contributed by atoms with Crippen LogP contribution in [0.5, 0.6) is 17.2 Å². The first-order valence-corrected chi connectivity index (χ1v) is 7.17. The van der Waals surface area contributed by atoms with Gasteiger partial charge in [-0.3, -0.25) is 0 Å². The van der Waals surface area contributed by atoms with Crippen molar-refractivity contribution in [2.75, 3.05) is 13.9 Å². The van der Waals surface area contributed by atoms with E-state index in [1.807, 2.05) is 42.5 Å². The van der Waals surface area contributed by atoms with Crippen molar-refractivity contribution in [1.82, 2.24) is 10.1 Å². The van der Waals surface area contributed by atoms with Crippen LogP contribution in [0.15, 0.2) is 47.0 Å². The molecule has 6 nitrogen and oxygen atoms in total. The van der Waals surface area contributed by atoms with Crippen LogP contribution < -0.4 is 14.2 Å². The zero-order valence-electron chi connectivity index (χ0n) is 12.5.